The van der Waals surface area contributed by atoms with E-state index < -0.39 is 0 Å². The van der Waals surface area contributed by atoms with Gasteiger partial charge in [-0.15, -0.1) is 0 Å². The van der Waals surface area contributed by atoms with E-state index in [2.05, 4.69) is 25.9 Å². The zero-order valence-electron chi connectivity index (χ0n) is 9.22. The van der Waals surface area contributed by atoms with Gasteiger partial charge < -0.3 is 10.3 Å². The maximum absolute atomic E-state index is 11.6. The largest absolute Gasteiger partial charge is 0.384 e. The van der Waals surface area contributed by atoms with E-state index in [-0.39, 0.29) is 5.56 Å². The smallest absolute Gasteiger partial charge is 0.250 e. The lowest BCUT2D eigenvalue weighted by molar-refractivity contribution is 0.710. The van der Waals surface area contributed by atoms with Crippen LogP contribution in [0.2, 0.25) is 0 Å². The van der Waals surface area contributed by atoms with Crippen molar-refractivity contribution in [1.82, 2.24) is 14.5 Å². The predicted octanol–water partition coefficient (Wildman–Crippen LogP) is 1.34. The summed E-state index contributed by atoms with van der Waals surface area (Å²) in [7, 11) is 0. The number of hydrogen-bond acceptors (Lipinski definition) is 4. The second-order valence-electron chi connectivity index (χ2n) is 3.66. The Labute approximate surface area is 106 Å². The maximum atomic E-state index is 11.6. The number of pyridine rings is 1. The number of aromatic nitrogens is 3. The van der Waals surface area contributed by atoms with E-state index in [9.17, 15) is 4.79 Å². The van der Waals surface area contributed by atoms with Gasteiger partial charge >= 0.3 is 0 Å². The summed E-state index contributed by atoms with van der Waals surface area (Å²) in [5, 5.41) is 0. The third kappa shape index (κ3) is 2.91. The fraction of sp³-hybridized carbons (Fsp3) is 0.182. The number of hydrogen-bond donors (Lipinski definition) is 1. The summed E-state index contributed by atoms with van der Waals surface area (Å²) in [6, 6.07) is 4.88. The van der Waals surface area contributed by atoms with Crippen molar-refractivity contribution < 1.29 is 0 Å². The van der Waals surface area contributed by atoms with Crippen molar-refractivity contribution in [3.05, 3.63) is 50.7 Å². The van der Waals surface area contributed by atoms with Crippen LogP contribution < -0.4 is 11.3 Å². The number of aryl methyl sites for hydroxylation is 1. The van der Waals surface area contributed by atoms with E-state index in [0.717, 1.165) is 10.2 Å². The molecule has 0 unspecified atom stereocenters. The highest BCUT2D eigenvalue weighted by Crippen LogP contribution is 2.07. The summed E-state index contributed by atoms with van der Waals surface area (Å²) in [5.41, 5.74) is 6.32. The molecule has 2 heterocycles. The molecule has 2 aromatic heterocycles. The molecule has 17 heavy (non-hydrogen) atoms. The van der Waals surface area contributed by atoms with Crippen molar-refractivity contribution in [3.8, 4) is 0 Å². The molecule has 0 saturated carbocycles. The summed E-state index contributed by atoms with van der Waals surface area (Å²) < 4.78 is 2.36. The molecule has 0 spiro atoms. The normalized spacial score (nSPS) is 10.5. The first kappa shape index (κ1) is 11.8. The second-order valence-corrected chi connectivity index (χ2v) is 4.58. The molecule has 2 aromatic rings. The minimum atomic E-state index is -0.100. The summed E-state index contributed by atoms with van der Waals surface area (Å²) >= 11 is 3.31. The highest BCUT2D eigenvalue weighted by molar-refractivity contribution is 9.10. The second kappa shape index (κ2) is 4.67. The van der Waals surface area contributed by atoms with Gasteiger partial charge in [0.15, 0.2) is 5.82 Å². The number of halogens is 1. The fourth-order valence-electron chi connectivity index (χ4n) is 1.50. The highest BCUT2D eigenvalue weighted by atomic mass is 79.9. The van der Waals surface area contributed by atoms with Crippen LogP contribution in [0.5, 0.6) is 0 Å². The Hall–Kier alpha value is -1.69. The van der Waals surface area contributed by atoms with E-state index in [0.29, 0.717) is 18.2 Å². The number of nitrogens with two attached hydrogens (primary N) is 1. The van der Waals surface area contributed by atoms with Gasteiger partial charge in [0, 0.05) is 28.5 Å². The first-order chi connectivity index (χ1) is 8.04. The third-order valence-electron chi connectivity index (χ3n) is 2.18. The summed E-state index contributed by atoms with van der Waals surface area (Å²) in [5.74, 6) is 0.943. The Bertz CT molecular complexity index is 588. The monoisotopic (exact) mass is 294 g/mol. The van der Waals surface area contributed by atoms with Crippen LogP contribution in [-0.2, 0) is 6.54 Å². The predicted molar refractivity (Wildman–Crippen MR) is 68.7 cm³/mol. The Balaban J connectivity index is 2.37. The Morgan fingerprint density at radius 1 is 1.41 bits per heavy atom. The van der Waals surface area contributed by atoms with Crippen LogP contribution in [0, 0.1) is 6.92 Å². The maximum Gasteiger partial charge on any atom is 0.250 e. The zero-order chi connectivity index (χ0) is 12.4. The minimum Gasteiger partial charge on any atom is -0.384 e. The van der Waals surface area contributed by atoms with Gasteiger partial charge in [-0.25, -0.2) is 9.97 Å². The van der Waals surface area contributed by atoms with E-state index >= 15 is 0 Å². The van der Waals surface area contributed by atoms with Crippen LogP contribution in [0.25, 0.3) is 0 Å². The van der Waals surface area contributed by atoms with Crippen LogP contribution in [0.3, 0.4) is 0 Å². The molecule has 0 fully saturated rings. The molecular weight excluding hydrogens is 284 g/mol. The van der Waals surface area contributed by atoms with E-state index in [1.165, 1.54) is 10.6 Å². The van der Waals surface area contributed by atoms with Crippen molar-refractivity contribution in [2.45, 2.75) is 13.5 Å². The fourth-order valence-corrected chi connectivity index (χ4v) is 1.88. The molecule has 0 radical (unpaired) electrons. The lowest BCUT2D eigenvalue weighted by Gasteiger charge is -2.06. The number of rotatable bonds is 2. The quantitative estimate of drug-likeness (QED) is 0.907. The Kier molecular flexibility index (Phi) is 3.23. The third-order valence-corrected chi connectivity index (χ3v) is 2.65. The molecule has 0 aliphatic rings. The molecule has 0 aliphatic carbocycles. The molecule has 0 aromatic carbocycles. The lowest BCUT2D eigenvalue weighted by atomic mass is 10.4. The number of nitrogen functional groups attached to an aromatic ring is 1. The SMILES string of the molecule is Cc1cc(N)nc(Cn2cc(Br)ccc2=O)n1. The molecular formula is C11H11BrN4O. The molecule has 2 rings (SSSR count). The van der Waals surface area contributed by atoms with Crippen LogP contribution >= 0.6 is 15.9 Å². The standard InChI is InChI=1S/C11H11BrN4O/c1-7-4-9(13)15-10(14-7)6-16-5-8(12)2-3-11(16)17/h2-5H,6H2,1H3,(H2,13,14,15). The average molecular weight is 295 g/mol. The molecule has 0 aliphatic heterocycles. The number of anilines is 1. The van der Waals surface area contributed by atoms with Crippen molar-refractivity contribution in [1.29, 1.82) is 0 Å². The van der Waals surface area contributed by atoms with Crippen molar-refractivity contribution >= 4 is 21.7 Å². The average Bonchev–Trinajstić information content (AvgIpc) is 2.22. The summed E-state index contributed by atoms with van der Waals surface area (Å²) in [6.45, 7) is 2.15. The molecule has 6 heteroatoms. The van der Waals surface area contributed by atoms with E-state index in [1.54, 1.807) is 18.3 Å². The first-order valence-corrected chi connectivity index (χ1v) is 5.80. The van der Waals surface area contributed by atoms with Gasteiger partial charge in [-0.2, -0.15) is 0 Å². The van der Waals surface area contributed by atoms with Gasteiger partial charge in [0.2, 0.25) is 0 Å². The topological polar surface area (TPSA) is 73.8 Å². The molecule has 0 atom stereocenters. The first-order valence-electron chi connectivity index (χ1n) is 5.00. The van der Waals surface area contributed by atoms with Gasteiger partial charge in [0.1, 0.15) is 5.82 Å². The molecule has 0 saturated heterocycles. The Morgan fingerprint density at radius 3 is 2.88 bits per heavy atom. The summed E-state index contributed by atoms with van der Waals surface area (Å²) in [6.07, 6.45) is 1.70. The van der Waals surface area contributed by atoms with Crippen LogP contribution in [0.15, 0.2) is 33.7 Å². The van der Waals surface area contributed by atoms with E-state index in [4.69, 9.17) is 5.73 Å². The van der Waals surface area contributed by atoms with Gasteiger partial charge in [-0.05, 0) is 28.9 Å². The molecule has 0 bridgehead atoms. The Morgan fingerprint density at radius 2 is 2.18 bits per heavy atom. The molecule has 0 amide bonds. The molecule has 88 valence electrons. The molecule has 5 nitrogen and oxygen atoms in total. The van der Waals surface area contributed by atoms with Gasteiger partial charge in [0.25, 0.3) is 5.56 Å². The van der Waals surface area contributed by atoms with Crippen molar-refractivity contribution in [2.24, 2.45) is 0 Å². The van der Waals surface area contributed by atoms with Gasteiger partial charge in [-0.1, -0.05) is 0 Å². The zero-order valence-corrected chi connectivity index (χ0v) is 10.8. The van der Waals surface area contributed by atoms with Gasteiger partial charge in [-0.3, -0.25) is 4.79 Å². The molecule has 2 N–H and O–H groups in total. The summed E-state index contributed by atoms with van der Waals surface area (Å²) in [4.78, 5) is 19.9. The van der Waals surface area contributed by atoms with Crippen molar-refractivity contribution in [3.63, 3.8) is 0 Å². The minimum absolute atomic E-state index is 0.100. The lowest BCUT2D eigenvalue weighted by Crippen LogP contribution is -2.20. The van der Waals surface area contributed by atoms with Crippen molar-refractivity contribution in [2.75, 3.05) is 5.73 Å². The van der Waals surface area contributed by atoms with Gasteiger partial charge in [0.05, 0.1) is 6.54 Å². The van der Waals surface area contributed by atoms with Crippen LogP contribution in [-0.4, -0.2) is 14.5 Å². The van der Waals surface area contributed by atoms with E-state index in [1.807, 2.05) is 6.92 Å². The van der Waals surface area contributed by atoms with Crippen LogP contribution in [0.1, 0.15) is 11.5 Å². The van der Waals surface area contributed by atoms with Crippen LogP contribution in [0.4, 0.5) is 5.82 Å². The number of nitrogens with zero attached hydrogens (tertiary/aromatic N) is 3. The highest BCUT2D eigenvalue weighted by Gasteiger charge is 2.03.